The molecule has 0 bridgehead atoms. The maximum Gasteiger partial charge on any atom is 0.490 e. The van der Waals surface area contributed by atoms with Crippen LogP contribution in [0.4, 0.5) is 17.8 Å². The summed E-state index contributed by atoms with van der Waals surface area (Å²) in [5.41, 5.74) is 14.2. The summed E-state index contributed by atoms with van der Waals surface area (Å²) in [6.45, 7) is -2.77. The Morgan fingerprint density at radius 1 is 0.747 bits per heavy atom. The number of likely N-dealkylation sites (N-methyl/N-ethyl adjacent to an activating group) is 1. The Hall–Kier alpha value is -6.11. The molecule has 0 spiro atoms. The minimum atomic E-state index is -6.23. The molecule has 44 heteroatoms. The number of imidazole rings is 3. The van der Waals surface area contributed by atoms with E-state index in [1.54, 1.807) is 19.0 Å². The molecule has 3 saturated heterocycles. The van der Waals surface area contributed by atoms with E-state index in [4.69, 9.17) is 59.4 Å². The quantitative estimate of drug-likeness (QED) is 0.0110. The summed E-state index contributed by atoms with van der Waals surface area (Å²) in [6.07, 6.45) is -16.5. The van der Waals surface area contributed by atoms with Crippen LogP contribution in [0.15, 0.2) is 33.4 Å². The Morgan fingerprint density at radius 3 is 1.88 bits per heavy atom. The van der Waals surface area contributed by atoms with Crippen LogP contribution in [0.25, 0.3) is 33.5 Å². The first-order chi connectivity index (χ1) is 39.1. The van der Waals surface area contributed by atoms with Crippen LogP contribution in [-0.4, -0.2) is 215 Å². The molecule has 16 atom stereocenters. The molecule has 0 amide bonds. The number of rotatable bonds is 25. The fourth-order valence-electron chi connectivity index (χ4n) is 9.30. The molecule has 0 radical (unpaired) electrons. The SMILES string of the molecule is CO[C@@H]1[C@H](OC(OC[C@H]2O[C@@H](n3cnc4c(=O)[nH]c(N)nc43)[C@H](O)[C@@H]2O)C(=O)O)[C@@H](COP(=O)(O)OP(=O)(O)OP(=O)(O)OC[C@H]2OC([n+]3cn(C)c4c(=O)[nH]c(N)nc43)[C@H](O)[C@@H]2COCCN(C)C)O[C@H]1n1cnc2c(=O)[nH]c(N)nc21. The molecule has 83 heavy (non-hydrogen) atoms. The topological polar surface area (TPSA) is 574 Å². The van der Waals surface area contributed by atoms with Crippen LogP contribution < -0.4 is 38.4 Å². The summed E-state index contributed by atoms with van der Waals surface area (Å²) in [5, 5.41) is 43.8. The standard InChI is InChI=1S/C39H55N16O25P3/c1-51(2)5-6-71-7-14-15(75-32(21(14)56)55-13-52(3)20-28(55)47-39(42)50-31(20)61)9-73-81(64,65)79-83(68,69)80-82(66,67)74-10-17-24(25(70-4)34(77-17)54-12-44-19-27(54)46-38(41)49-30(19)60)78-36(35(62)63)72-8-16-22(57)23(58)33(76-16)53-11-43-18-26(53)45-37(40)48-29(18)59/h11-17,21-25,32-34,36,56-58H,5-10H2,1-4H3,(H12-,40,41,42,45,46,47,48,49,50,59,60,61,62,63,64,65,66,67,68,69)/p+1/t14-,15-,16-,17-,21-,22-,23-,24-,25-,32?,33-,34-,36?/m1/s1. The van der Waals surface area contributed by atoms with E-state index in [9.17, 15) is 68.0 Å². The Balaban J connectivity index is 0.889. The summed E-state index contributed by atoms with van der Waals surface area (Å²) in [6, 6.07) is 0. The zero-order chi connectivity index (χ0) is 60.2. The Morgan fingerprint density at radius 2 is 1.30 bits per heavy atom. The number of aliphatic hydroxyl groups excluding tert-OH is 3. The van der Waals surface area contributed by atoms with Gasteiger partial charge in [0.1, 0.15) is 42.7 Å². The summed E-state index contributed by atoms with van der Waals surface area (Å²) in [4.78, 5) is 111. The number of fused-ring (bicyclic) bond motifs is 3. The fraction of sp³-hybridized carbons (Fsp3) is 0.590. The molecular formula is C39H56N16O25P3+. The van der Waals surface area contributed by atoms with Crippen molar-refractivity contribution in [3.8, 4) is 0 Å². The minimum absolute atomic E-state index is 0.0271. The van der Waals surface area contributed by atoms with Crippen molar-refractivity contribution in [2.75, 3.05) is 78.0 Å². The zero-order valence-corrected chi connectivity index (χ0v) is 46.2. The first-order valence-corrected chi connectivity index (χ1v) is 28.7. The van der Waals surface area contributed by atoms with Crippen molar-refractivity contribution in [1.82, 2.24) is 58.5 Å². The number of nitrogen functional groups attached to an aromatic ring is 3. The molecule has 16 N–H and O–H groups in total. The van der Waals surface area contributed by atoms with Gasteiger partial charge in [-0.2, -0.15) is 18.6 Å². The van der Waals surface area contributed by atoms with Gasteiger partial charge in [-0.25, -0.2) is 33.0 Å². The average molecular weight is 1240 g/mol. The molecule has 456 valence electrons. The second-order valence-electron chi connectivity index (χ2n) is 19.0. The number of aliphatic hydroxyl groups is 3. The molecule has 0 saturated carbocycles. The van der Waals surface area contributed by atoms with Crippen LogP contribution in [0, 0.1) is 5.92 Å². The number of ether oxygens (including phenoxy) is 7. The molecule has 3 aliphatic heterocycles. The van der Waals surface area contributed by atoms with E-state index in [2.05, 4.69) is 48.5 Å². The number of nitrogens with one attached hydrogen (secondary N) is 3. The van der Waals surface area contributed by atoms with E-state index in [0.717, 1.165) is 28.9 Å². The third-order valence-electron chi connectivity index (χ3n) is 13.0. The number of aryl methyl sites for hydroxylation is 1. The number of aromatic nitrogens is 12. The zero-order valence-electron chi connectivity index (χ0n) is 43.5. The highest BCUT2D eigenvalue weighted by Crippen LogP contribution is 2.68. The first kappa shape index (κ1) is 61.5. The van der Waals surface area contributed by atoms with E-state index in [1.807, 2.05) is 0 Å². The number of methoxy groups -OCH3 is 1. The average Bonchev–Trinajstić information content (AvgIpc) is 2.47. The maximum atomic E-state index is 13.4. The summed E-state index contributed by atoms with van der Waals surface area (Å²) < 4.78 is 104. The number of nitrogens with zero attached hydrogens (tertiary/aromatic N) is 10. The number of nitrogens with two attached hydrogens (primary N) is 3. The van der Waals surface area contributed by atoms with Gasteiger partial charge in [0.25, 0.3) is 28.9 Å². The summed E-state index contributed by atoms with van der Waals surface area (Å²) >= 11 is 0. The maximum absolute atomic E-state index is 13.4. The van der Waals surface area contributed by atoms with E-state index in [-0.39, 0.29) is 58.6 Å². The van der Waals surface area contributed by atoms with Gasteiger partial charge < -0.3 is 90.4 Å². The number of hydrogen-bond donors (Lipinski definition) is 13. The lowest BCUT2D eigenvalue weighted by atomic mass is 9.99. The van der Waals surface area contributed by atoms with Crippen LogP contribution >= 0.6 is 23.5 Å². The van der Waals surface area contributed by atoms with Gasteiger partial charge in [0.2, 0.25) is 23.6 Å². The van der Waals surface area contributed by atoms with Crippen molar-refractivity contribution >= 4 is 80.8 Å². The van der Waals surface area contributed by atoms with Gasteiger partial charge in [0, 0.05) is 19.6 Å². The Bertz CT molecular complexity index is 3710. The van der Waals surface area contributed by atoms with Crippen LogP contribution in [0.3, 0.4) is 0 Å². The number of aliphatic carboxylic acids is 1. The van der Waals surface area contributed by atoms with Crippen molar-refractivity contribution in [3.05, 3.63) is 50.0 Å². The summed E-state index contributed by atoms with van der Waals surface area (Å²) in [7, 11) is -11.9. The van der Waals surface area contributed by atoms with Crippen LogP contribution in [0.2, 0.25) is 0 Å². The second-order valence-corrected chi connectivity index (χ2v) is 23.6. The summed E-state index contributed by atoms with van der Waals surface area (Å²) in [5.74, 6) is -3.91. The molecule has 6 aromatic heterocycles. The lowest BCUT2D eigenvalue weighted by Crippen LogP contribution is -2.45. The fourth-order valence-corrected chi connectivity index (χ4v) is 12.8. The van der Waals surface area contributed by atoms with Crippen molar-refractivity contribution in [3.63, 3.8) is 0 Å². The van der Waals surface area contributed by atoms with Gasteiger partial charge in [-0.15, -0.1) is 0 Å². The number of aromatic amines is 3. The van der Waals surface area contributed by atoms with E-state index < -0.39 is 152 Å². The molecule has 9 rings (SSSR count). The largest absolute Gasteiger partial charge is 0.490 e. The monoisotopic (exact) mass is 1240 g/mol. The molecular weight excluding hydrogens is 1190 g/mol. The predicted molar refractivity (Wildman–Crippen MR) is 270 cm³/mol. The van der Waals surface area contributed by atoms with E-state index >= 15 is 0 Å². The molecule has 5 unspecified atom stereocenters. The molecule has 3 fully saturated rings. The lowest BCUT2D eigenvalue weighted by Gasteiger charge is -2.27. The van der Waals surface area contributed by atoms with Gasteiger partial charge in [-0.3, -0.25) is 52.1 Å². The normalized spacial score (nSPS) is 28.3. The number of phosphoric acid groups is 3. The van der Waals surface area contributed by atoms with Crippen molar-refractivity contribution in [1.29, 1.82) is 0 Å². The molecule has 0 aromatic carbocycles. The van der Waals surface area contributed by atoms with Crippen LogP contribution in [0.1, 0.15) is 18.7 Å². The van der Waals surface area contributed by atoms with E-state index in [0.29, 0.717) is 6.54 Å². The molecule has 3 aliphatic rings. The van der Waals surface area contributed by atoms with Gasteiger partial charge >= 0.3 is 35.1 Å². The number of anilines is 3. The Kier molecular flexibility index (Phi) is 17.8. The number of carboxylic acid groups (broad SMARTS) is 1. The van der Waals surface area contributed by atoms with Crippen LogP contribution in [0.5, 0.6) is 0 Å². The van der Waals surface area contributed by atoms with Crippen molar-refractivity contribution in [2.45, 2.75) is 73.8 Å². The van der Waals surface area contributed by atoms with Gasteiger partial charge in [-0.1, -0.05) is 4.98 Å². The molecule has 6 aromatic rings. The number of phosphoric ester groups is 2. The van der Waals surface area contributed by atoms with E-state index in [1.165, 1.54) is 22.5 Å². The van der Waals surface area contributed by atoms with Gasteiger partial charge in [0.05, 0.1) is 58.8 Å². The number of hydrogen-bond acceptors (Lipinski definition) is 30. The number of H-pyrrole nitrogens is 3. The van der Waals surface area contributed by atoms with Crippen molar-refractivity contribution in [2.24, 2.45) is 13.0 Å². The third kappa shape index (κ3) is 13.1. The third-order valence-corrected chi connectivity index (χ3v) is 17.3. The molecule has 41 nitrogen and oxygen atoms in total. The van der Waals surface area contributed by atoms with Crippen LogP contribution in [-0.2, 0) is 76.4 Å². The second kappa shape index (κ2) is 24.1. The predicted octanol–water partition coefficient (Wildman–Crippen LogP) is -5.27. The number of carboxylic acids is 1. The highest BCUT2D eigenvalue weighted by Gasteiger charge is 2.53. The van der Waals surface area contributed by atoms with Gasteiger partial charge in [-0.05, 0) is 14.1 Å². The Labute approximate surface area is 462 Å². The lowest BCUT2D eigenvalue weighted by molar-refractivity contribution is -0.745. The molecule has 0 aliphatic carbocycles. The molecule has 9 heterocycles. The highest BCUT2D eigenvalue weighted by atomic mass is 31.3. The minimum Gasteiger partial charge on any atom is -0.477 e. The van der Waals surface area contributed by atoms with Gasteiger partial charge in [0.15, 0.2) is 41.1 Å². The number of carbonyl (C=O) groups is 1. The smallest absolute Gasteiger partial charge is 0.477 e. The first-order valence-electron chi connectivity index (χ1n) is 24.2. The highest BCUT2D eigenvalue weighted by molar-refractivity contribution is 7.66. The van der Waals surface area contributed by atoms with Crippen molar-refractivity contribution < 1.29 is 109 Å².